The second-order valence-electron chi connectivity index (χ2n) is 6.82. The Kier molecular flexibility index (Phi) is 4.14. The van der Waals surface area contributed by atoms with Crippen molar-refractivity contribution >= 4 is 0 Å². The Morgan fingerprint density at radius 3 is 2.29 bits per heavy atom. The zero-order valence-corrected chi connectivity index (χ0v) is 12.0. The monoisotopic (exact) mass is 238 g/mol. The SMILES string of the molecule is CCNCC1(CN2CCCC2(C)C)CCCC1. The van der Waals surface area contributed by atoms with Gasteiger partial charge in [0.05, 0.1) is 0 Å². The molecule has 2 heteroatoms. The Bertz CT molecular complexity index is 241. The van der Waals surface area contributed by atoms with E-state index in [4.69, 9.17) is 0 Å². The lowest BCUT2D eigenvalue weighted by Crippen LogP contribution is -2.48. The molecule has 0 aromatic rings. The summed E-state index contributed by atoms with van der Waals surface area (Å²) in [4.78, 5) is 2.76. The molecular weight excluding hydrogens is 208 g/mol. The van der Waals surface area contributed by atoms with Crippen LogP contribution in [0.1, 0.15) is 59.3 Å². The number of nitrogens with zero attached hydrogens (tertiary/aromatic N) is 1. The van der Waals surface area contributed by atoms with Crippen LogP contribution in [0.5, 0.6) is 0 Å². The van der Waals surface area contributed by atoms with E-state index in [1.807, 2.05) is 0 Å². The van der Waals surface area contributed by atoms with Gasteiger partial charge in [0.15, 0.2) is 0 Å². The summed E-state index contributed by atoms with van der Waals surface area (Å²) in [6.45, 7) is 12.1. The normalized spacial score (nSPS) is 27.7. The summed E-state index contributed by atoms with van der Waals surface area (Å²) in [5, 5.41) is 3.61. The molecule has 2 aliphatic rings. The number of rotatable bonds is 5. The van der Waals surface area contributed by atoms with E-state index in [1.165, 1.54) is 58.2 Å². The van der Waals surface area contributed by atoms with Gasteiger partial charge in [-0.25, -0.2) is 0 Å². The molecule has 100 valence electrons. The molecule has 0 amide bonds. The molecule has 1 aliphatic heterocycles. The van der Waals surface area contributed by atoms with Crippen molar-refractivity contribution in [2.45, 2.75) is 64.8 Å². The van der Waals surface area contributed by atoms with Crippen LogP contribution in [0.3, 0.4) is 0 Å². The van der Waals surface area contributed by atoms with E-state index < -0.39 is 0 Å². The van der Waals surface area contributed by atoms with Crippen LogP contribution in [0.15, 0.2) is 0 Å². The average molecular weight is 238 g/mol. The predicted octanol–water partition coefficient (Wildman–Crippen LogP) is 3.03. The summed E-state index contributed by atoms with van der Waals surface area (Å²) >= 11 is 0. The molecular formula is C15H30N2. The first-order valence-corrected chi connectivity index (χ1v) is 7.54. The van der Waals surface area contributed by atoms with Crippen molar-refractivity contribution in [3.63, 3.8) is 0 Å². The van der Waals surface area contributed by atoms with Gasteiger partial charge in [-0.1, -0.05) is 19.8 Å². The molecule has 1 saturated heterocycles. The third kappa shape index (κ3) is 3.03. The summed E-state index contributed by atoms with van der Waals surface area (Å²) < 4.78 is 0. The maximum atomic E-state index is 3.61. The highest BCUT2D eigenvalue weighted by molar-refractivity contribution is 4.95. The minimum Gasteiger partial charge on any atom is -0.316 e. The number of nitrogens with one attached hydrogen (secondary N) is 1. The van der Waals surface area contributed by atoms with Crippen LogP contribution in [0, 0.1) is 5.41 Å². The highest BCUT2D eigenvalue weighted by atomic mass is 15.2. The summed E-state index contributed by atoms with van der Waals surface area (Å²) in [5.74, 6) is 0. The van der Waals surface area contributed by atoms with Gasteiger partial charge in [-0.15, -0.1) is 0 Å². The van der Waals surface area contributed by atoms with Crippen LogP contribution in [-0.2, 0) is 0 Å². The van der Waals surface area contributed by atoms with Gasteiger partial charge in [-0.05, 0) is 58.0 Å². The summed E-state index contributed by atoms with van der Waals surface area (Å²) in [5.41, 5.74) is 1.03. The van der Waals surface area contributed by atoms with E-state index in [2.05, 4.69) is 31.0 Å². The van der Waals surface area contributed by atoms with E-state index in [-0.39, 0.29) is 0 Å². The summed E-state index contributed by atoms with van der Waals surface area (Å²) in [6, 6.07) is 0. The zero-order chi connectivity index (χ0) is 12.4. The first-order valence-electron chi connectivity index (χ1n) is 7.54. The maximum absolute atomic E-state index is 3.61. The van der Waals surface area contributed by atoms with Crippen molar-refractivity contribution in [2.24, 2.45) is 5.41 Å². The maximum Gasteiger partial charge on any atom is 0.0153 e. The van der Waals surface area contributed by atoms with Crippen LogP contribution in [-0.4, -0.2) is 36.6 Å². The van der Waals surface area contributed by atoms with Gasteiger partial charge in [-0.3, -0.25) is 4.90 Å². The fraction of sp³-hybridized carbons (Fsp3) is 1.00. The topological polar surface area (TPSA) is 15.3 Å². The Morgan fingerprint density at radius 1 is 1.06 bits per heavy atom. The molecule has 1 N–H and O–H groups in total. The standard InChI is InChI=1S/C15H30N2/c1-4-16-12-15(9-5-6-10-15)13-17-11-7-8-14(17,2)3/h16H,4-13H2,1-3H3. The molecule has 0 aromatic heterocycles. The third-order valence-electron chi connectivity index (χ3n) is 5.01. The fourth-order valence-corrected chi connectivity index (χ4v) is 3.77. The molecule has 0 spiro atoms. The number of hydrogen-bond donors (Lipinski definition) is 1. The van der Waals surface area contributed by atoms with E-state index in [0.29, 0.717) is 11.0 Å². The fourth-order valence-electron chi connectivity index (χ4n) is 3.77. The van der Waals surface area contributed by atoms with Crippen LogP contribution in [0.2, 0.25) is 0 Å². The quantitative estimate of drug-likeness (QED) is 0.792. The van der Waals surface area contributed by atoms with Gasteiger partial charge in [0, 0.05) is 18.6 Å². The molecule has 2 fully saturated rings. The number of hydrogen-bond acceptors (Lipinski definition) is 2. The molecule has 0 atom stereocenters. The predicted molar refractivity (Wildman–Crippen MR) is 74.3 cm³/mol. The lowest BCUT2D eigenvalue weighted by atomic mass is 9.84. The molecule has 17 heavy (non-hydrogen) atoms. The minimum atomic E-state index is 0.446. The Hall–Kier alpha value is -0.0800. The average Bonchev–Trinajstić information content (AvgIpc) is 2.85. The van der Waals surface area contributed by atoms with Gasteiger partial charge in [-0.2, -0.15) is 0 Å². The molecule has 0 bridgehead atoms. The van der Waals surface area contributed by atoms with Crippen LogP contribution >= 0.6 is 0 Å². The summed E-state index contributed by atoms with van der Waals surface area (Å²) in [7, 11) is 0. The Morgan fingerprint density at radius 2 is 1.76 bits per heavy atom. The van der Waals surface area contributed by atoms with Gasteiger partial charge in [0.1, 0.15) is 0 Å². The molecule has 2 nitrogen and oxygen atoms in total. The Balaban J connectivity index is 1.97. The second kappa shape index (κ2) is 5.27. The van der Waals surface area contributed by atoms with Crippen molar-refractivity contribution in [1.29, 1.82) is 0 Å². The van der Waals surface area contributed by atoms with E-state index >= 15 is 0 Å². The largest absolute Gasteiger partial charge is 0.316 e. The van der Waals surface area contributed by atoms with Gasteiger partial charge in [0.2, 0.25) is 0 Å². The lowest BCUT2D eigenvalue weighted by Gasteiger charge is -2.40. The van der Waals surface area contributed by atoms with Crippen LogP contribution in [0.4, 0.5) is 0 Å². The van der Waals surface area contributed by atoms with E-state index in [1.54, 1.807) is 0 Å². The van der Waals surface area contributed by atoms with E-state index in [9.17, 15) is 0 Å². The van der Waals surface area contributed by atoms with E-state index in [0.717, 1.165) is 6.54 Å². The minimum absolute atomic E-state index is 0.446. The van der Waals surface area contributed by atoms with Crippen molar-refractivity contribution in [2.75, 3.05) is 26.2 Å². The highest BCUT2D eigenvalue weighted by Crippen LogP contribution is 2.41. The van der Waals surface area contributed by atoms with Crippen molar-refractivity contribution in [3.8, 4) is 0 Å². The first-order chi connectivity index (χ1) is 8.08. The Labute approximate surface area is 107 Å². The van der Waals surface area contributed by atoms with Crippen LogP contribution in [0.25, 0.3) is 0 Å². The van der Waals surface area contributed by atoms with Crippen molar-refractivity contribution in [1.82, 2.24) is 10.2 Å². The zero-order valence-electron chi connectivity index (χ0n) is 12.0. The highest BCUT2D eigenvalue weighted by Gasteiger charge is 2.40. The molecule has 0 radical (unpaired) electrons. The molecule has 0 unspecified atom stereocenters. The molecule has 1 aliphatic carbocycles. The molecule has 1 saturated carbocycles. The van der Waals surface area contributed by atoms with Crippen molar-refractivity contribution in [3.05, 3.63) is 0 Å². The van der Waals surface area contributed by atoms with Crippen LogP contribution < -0.4 is 5.32 Å². The van der Waals surface area contributed by atoms with Gasteiger partial charge >= 0.3 is 0 Å². The second-order valence-corrected chi connectivity index (χ2v) is 6.82. The summed E-state index contributed by atoms with van der Waals surface area (Å²) in [6.07, 6.45) is 8.53. The molecule has 1 heterocycles. The third-order valence-corrected chi connectivity index (χ3v) is 5.01. The van der Waals surface area contributed by atoms with Gasteiger partial charge < -0.3 is 5.32 Å². The molecule has 0 aromatic carbocycles. The molecule has 2 rings (SSSR count). The first kappa shape index (κ1) is 13.4. The van der Waals surface area contributed by atoms with Crippen molar-refractivity contribution < 1.29 is 0 Å². The van der Waals surface area contributed by atoms with Gasteiger partial charge in [0.25, 0.3) is 0 Å². The number of likely N-dealkylation sites (tertiary alicyclic amines) is 1. The lowest BCUT2D eigenvalue weighted by molar-refractivity contribution is 0.0962. The smallest absolute Gasteiger partial charge is 0.0153 e.